The van der Waals surface area contributed by atoms with Crippen LogP contribution in [0.3, 0.4) is 0 Å². The zero-order chi connectivity index (χ0) is 16.8. The smallest absolute Gasteiger partial charge is 0.129 e. The average Bonchev–Trinajstić information content (AvgIpc) is 3.03. The van der Waals surface area contributed by atoms with Crippen LogP contribution in [0.25, 0.3) is 17.0 Å². The summed E-state index contributed by atoms with van der Waals surface area (Å²) in [6, 6.07) is 22.3. The van der Waals surface area contributed by atoms with Crippen LogP contribution in [0.4, 0.5) is 0 Å². The molecule has 24 heavy (non-hydrogen) atoms. The van der Waals surface area contributed by atoms with Gasteiger partial charge >= 0.3 is 0 Å². The Labute approximate surface area is 141 Å². The quantitative estimate of drug-likeness (QED) is 0.519. The number of aromatic nitrogens is 1. The second kappa shape index (κ2) is 7.13. The second-order valence-electron chi connectivity index (χ2n) is 5.38. The Morgan fingerprint density at radius 1 is 0.958 bits per heavy atom. The molecule has 0 bridgehead atoms. The molecule has 114 valence electrons. The van der Waals surface area contributed by atoms with E-state index in [0.29, 0.717) is 0 Å². The lowest BCUT2D eigenvalue weighted by atomic mass is 10.1. The van der Waals surface area contributed by atoms with Crippen LogP contribution in [0.15, 0.2) is 78.5 Å². The fraction of sp³-hybridized carbons (Fsp3) is 0.0476. The van der Waals surface area contributed by atoms with Gasteiger partial charge in [-0.05, 0) is 23.3 Å². The Kier molecular flexibility index (Phi) is 4.56. The first-order chi connectivity index (χ1) is 11.8. The molecule has 2 aromatic carbocycles. The van der Waals surface area contributed by atoms with Crippen molar-refractivity contribution in [2.24, 2.45) is 0 Å². The maximum Gasteiger partial charge on any atom is 0.129 e. The van der Waals surface area contributed by atoms with Gasteiger partial charge < -0.3 is 4.57 Å². The molecular formula is C21H15N3. The average molecular weight is 309 g/mol. The molecule has 0 aliphatic heterocycles. The Hall–Kier alpha value is -3.56. The lowest BCUT2D eigenvalue weighted by Gasteiger charge is -2.08. The minimum Gasteiger partial charge on any atom is -0.343 e. The van der Waals surface area contributed by atoms with E-state index in [1.807, 2.05) is 48.5 Å². The van der Waals surface area contributed by atoms with Crippen LogP contribution in [-0.2, 0) is 6.54 Å². The van der Waals surface area contributed by atoms with Crippen molar-refractivity contribution < 1.29 is 0 Å². The van der Waals surface area contributed by atoms with Crippen molar-refractivity contribution in [1.82, 2.24) is 4.57 Å². The van der Waals surface area contributed by atoms with Crippen LogP contribution in [-0.4, -0.2) is 4.57 Å². The molecule has 0 spiro atoms. The van der Waals surface area contributed by atoms with Gasteiger partial charge in [-0.2, -0.15) is 10.5 Å². The van der Waals surface area contributed by atoms with Gasteiger partial charge in [0, 0.05) is 18.1 Å². The standard InChI is InChI=1S/C21H15N3/c22-14-18(15-23)8-4-9-19-10-5-11-20-12-13-24(21(19)20)16-17-6-2-1-3-7-17/h1-13H,16H2/b9-4+. The van der Waals surface area contributed by atoms with E-state index in [-0.39, 0.29) is 5.57 Å². The second-order valence-corrected chi connectivity index (χ2v) is 5.38. The van der Waals surface area contributed by atoms with E-state index in [2.05, 4.69) is 35.0 Å². The summed E-state index contributed by atoms with van der Waals surface area (Å²) < 4.78 is 2.21. The molecular weight excluding hydrogens is 294 g/mol. The number of hydrogen-bond acceptors (Lipinski definition) is 2. The van der Waals surface area contributed by atoms with Crippen LogP contribution in [0.1, 0.15) is 11.1 Å². The summed E-state index contributed by atoms with van der Waals surface area (Å²) in [7, 11) is 0. The van der Waals surface area contributed by atoms with Gasteiger partial charge in [-0.1, -0.05) is 60.7 Å². The Morgan fingerprint density at radius 2 is 1.75 bits per heavy atom. The number of para-hydroxylation sites is 1. The lowest BCUT2D eigenvalue weighted by Crippen LogP contribution is -1.98. The molecule has 0 saturated carbocycles. The number of nitrogens with zero attached hydrogens (tertiary/aromatic N) is 3. The Bertz CT molecular complexity index is 977. The van der Waals surface area contributed by atoms with E-state index in [1.54, 1.807) is 6.08 Å². The molecule has 3 aromatic rings. The molecule has 3 heteroatoms. The van der Waals surface area contributed by atoms with Crippen molar-refractivity contribution in [3.63, 3.8) is 0 Å². The van der Waals surface area contributed by atoms with Crippen molar-refractivity contribution in [2.75, 3.05) is 0 Å². The molecule has 3 rings (SSSR count). The predicted octanol–water partition coefficient (Wildman–Crippen LogP) is 4.68. The summed E-state index contributed by atoms with van der Waals surface area (Å²) >= 11 is 0. The number of benzene rings is 2. The lowest BCUT2D eigenvalue weighted by molar-refractivity contribution is 0.836. The van der Waals surface area contributed by atoms with Crippen LogP contribution >= 0.6 is 0 Å². The van der Waals surface area contributed by atoms with Gasteiger partial charge in [-0.15, -0.1) is 0 Å². The fourth-order valence-corrected chi connectivity index (χ4v) is 2.68. The van der Waals surface area contributed by atoms with Crippen molar-refractivity contribution in [3.05, 3.63) is 89.6 Å². The summed E-state index contributed by atoms with van der Waals surface area (Å²) in [5.41, 5.74) is 3.53. The van der Waals surface area contributed by atoms with Gasteiger partial charge in [0.2, 0.25) is 0 Å². The van der Waals surface area contributed by atoms with Crippen LogP contribution in [0.2, 0.25) is 0 Å². The number of rotatable bonds is 4. The predicted molar refractivity (Wildman–Crippen MR) is 95.8 cm³/mol. The van der Waals surface area contributed by atoms with E-state index >= 15 is 0 Å². The largest absolute Gasteiger partial charge is 0.343 e. The Morgan fingerprint density at radius 3 is 2.50 bits per heavy atom. The molecule has 3 nitrogen and oxygen atoms in total. The summed E-state index contributed by atoms with van der Waals surface area (Å²) in [5, 5.41) is 18.7. The van der Waals surface area contributed by atoms with Gasteiger partial charge in [-0.3, -0.25) is 0 Å². The molecule has 1 heterocycles. The van der Waals surface area contributed by atoms with E-state index in [1.165, 1.54) is 11.6 Å². The summed E-state index contributed by atoms with van der Waals surface area (Å²) in [6.45, 7) is 0.798. The Balaban J connectivity index is 1.99. The van der Waals surface area contributed by atoms with Gasteiger partial charge in [0.25, 0.3) is 0 Å². The summed E-state index contributed by atoms with van der Waals surface area (Å²) in [6.07, 6.45) is 7.29. The summed E-state index contributed by atoms with van der Waals surface area (Å²) in [4.78, 5) is 0. The summed E-state index contributed by atoms with van der Waals surface area (Å²) in [5.74, 6) is 0. The molecule has 0 amide bonds. The fourth-order valence-electron chi connectivity index (χ4n) is 2.68. The molecule has 1 aromatic heterocycles. The first-order valence-corrected chi connectivity index (χ1v) is 7.62. The normalized spacial score (nSPS) is 10.4. The van der Waals surface area contributed by atoms with Gasteiger partial charge in [0.15, 0.2) is 0 Å². The van der Waals surface area contributed by atoms with Crippen LogP contribution in [0, 0.1) is 22.7 Å². The third-order valence-corrected chi connectivity index (χ3v) is 3.80. The molecule has 0 radical (unpaired) electrons. The molecule has 0 fully saturated rings. The minimum absolute atomic E-state index is 0.0955. The zero-order valence-electron chi connectivity index (χ0n) is 13.1. The first-order valence-electron chi connectivity index (χ1n) is 7.62. The third kappa shape index (κ3) is 3.27. The topological polar surface area (TPSA) is 52.5 Å². The maximum absolute atomic E-state index is 8.79. The van der Waals surface area contributed by atoms with Crippen molar-refractivity contribution in [3.8, 4) is 12.1 Å². The molecule has 0 aliphatic rings. The highest BCUT2D eigenvalue weighted by atomic mass is 15.0. The van der Waals surface area contributed by atoms with Gasteiger partial charge in [-0.25, -0.2) is 0 Å². The van der Waals surface area contributed by atoms with E-state index < -0.39 is 0 Å². The van der Waals surface area contributed by atoms with Crippen molar-refractivity contribution >= 4 is 17.0 Å². The highest BCUT2D eigenvalue weighted by Gasteiger charge is 2.05. The molecule has 0 aliphatic carbocycles. The van der Waals surface area contributed by atoms with Crippen LogP contribution in [0.5, 0.6) is 0 Å². The van der Waals surface area contributed by atoms with E-state index in [9.17, 15) is 0 Å². The monoisotopic (exact) mass is 309 g/mol. The molecule has 0 saturated heterocycles. The zero-order valence-corrected chi connectivity index (χ0v) is 13.1. The molecule has 0 unspecified atom stereocenters. The number of allylic oxidation sites excluding steroid dienone is 3. The van der Waals surface area contributed by atoms with E-state index in [4.69, 9.17) is 10.5 Å². The highest BCUT2D eigenvalue weighted by molar-refractivity contribution is 5.88. The van der Waals surface area contributed by atoms with Crippen LogP contribution < -0.4 is 0 Å². The first kappa shape index (κ1) is 15.3. The van der Waals surface area contributed by atoms with Crippen molar-refractivity contribution in [2.45, 2.75) is 6.54 Å². The number of fused-ring (bicyclic) bond motifs is 1. The highest BCUT2D eigenvalue weighted by Crippen LogP contribution is 2.22. The number of hydrogen-bond donors (Lipinski definition) is 0. The van der Waals surface area contributed by atoms with Gasteiger partial charge in [0.1, 0.15) is 17.7 Å². The SMILES string of the molecule is N#CC(C#N)=C/C=C/c1cccc2ccn(Cc3ccccc3)c12. The molecule has 0 N–H and O–H groups in total. The molecule has 0 atom stereocenters. The minimum atomic E-state index is 0.0955. The maximum atomic E-state index is 8.79. The van der Waals surface area contributed by atoms with Gasteiger partial charge in [0.05, 0.1) is 5.52 Å². The number of nitriles is 2. The van der Waals surface area contributed by atoms with E-state index in [0.717, 1.165) is 23.0 Å². The third-order valence-electron chi connectivity index (χ3n) is 3.80. The van der Waals surface area contributed by atoms with Crippen molar-refractivity contribution in [1.29, 1.82) is 10.5 Å².